The molecule has 0 saturated heterocycles. The Hall–Kier alpha value is -1.80. The summed E-state index contributed by atoms with van der Waals surface area (Å²) in [6.45, 7) is 1.83. The van der Waals surface area contributed by atoms with Crippen molar-refractivity contribution in [1.82, 2.24) is 0 Å². The van der Waals surface area contributed by atoms with Crippen LogP contribution >= 0.6 is 0 Å². The van der Waals surface area contributed by atoms with E-state index in [9.17, 15) is 10.2 Å². The van der Waals surface area contributed by atoms with E-state index in [1.54, 1.807) is 6.07 Å². The van der Waals surface area contributed by atoms with Crippen molar-refractivity contribution in [2.75, 3.05) is 0 Å². The minimum atomic E-state index is -0.0700. The zero-order valence-corrected chi connectivity index (χ0v) is 9.14. The number of aliphatic hydroxyl groups excluding tert-OH is 1. The second-order valence-corrected chi connectivity index (χ2v) is 3.84. The molecule has 0 spiro atoms. The highest BCUT2D eigenvalue weighted by Gasteiger charge is 2.10. The smallest absolute Gasteiger partial charge is 0.124 e. The molecular weight excluding hydrogens is 200 g/mol. The molecule has 16 heavy (non-hydrogen) atoms. The summed E-state index contributed by atoms with van der Waals surface area (Å²) in [7, 11) is 0. The summed E-state index contributed by atoms with van der Waals surface area (Å²) in [6, 6.07) is 13.2. The number of phenols is 1. The second-order valence-electron chi connectivity index (χ2n) is 3.84. The fourth-order valence-electron chi connectivity index (χ4n) is 1.90. The minimum absolute atomic E-state index is 0.0700. The molecule has 0 aliphatic rings. The van der Waals surface area contributed by atoms with Crippen LogP contribution in [0.1, 0.15) is 11.1 Å². The summed E-state index contributed by atoms with van der Waals surface area (Å²) in [6.07, 6.45) is 0. The van der Waals surface area contributed by atoms with Crippen molar-refractivity contribution in [2.24, 2.45) is 0 Å². The first-order valence-electron chi connectivity index (χ1n) is 5.21. The monoisotopic (exact) mass is 214 g/mol. The Morgan fingerprint density at radius 2 is 1.75 bits per heavy atom. The van der Waals surface area contributed by atoms with E-state index < -0.39 is 0 Å². The third-order valence-electron chi connectivity index (χ3n) is 2.58. The standard InChI is InChI=1S/C14H14O2/c1-10-7-12(9-15)14(13(16)8-10)11-5-3-2-4-6-11/h2-8,15-16H,9H2,1H3. The van der Waals surface area contributed by atoms with Crippen LogP contribution in [-0.2, 0) is 6.61 Å². The quantitative estimate of drug-likeness (QED) is 0.807. The van der Waals surface area contributed by atoms with E-state index in [2.05, 4.69) is 0 Å². The lowest BCUT2D eigenvalue weighted by Gasteiger charge is -2.11. The van der Waals surface area contributed by atoms with Crippen LogP contribution in [0, 0.1) is 6.92 Å². The number of hydrogen-bond acceptors (Lipinski definition) is 2. The average molecular weight is 214 g/mol. The minimum Gasteiger partial charge on any atom is -0.507 e. The third-order valence-corrected chi connectivity index (χ3v) is 2.58. The lowest BCUT2D eigenvalue weighted by molar-refractivity contribution is 0.281. The van der Waals surface area contributed by atoms with Crippen molar-refractivity contribution in [1.29, 1.82) is 0 Å². The molecule has 2 aromatic rings. The van der Waals surface area contributed by atoms with E-state index in [4.69, 9.17) is 0 Å². The summed E-state index contributed by atoms with van der Waals surface area (Å²) in [5.41, 5.74) is 3.34. The van der Waals surface area contributed by atoms with E-state index in [-0.39, 0.29) is 12.4 Å². The van der Waals surface area contributed by atoms with Gasteiger partial charge in [0.15, 0.2) is 0 Å². The third kappa shape index (κ3) is 1.92. The van der Waals surface area contributed by atoms with Gasteiger partial charge in [-0.05, 0) is 29.7 Å². The molecule has 2 rings (SSSR count). The first-order valence-corrected chi connectivity index (χ1v) is 5.21. The SMILES string of the molecule is Cc1cc(O)c(-c2ccccc2)c(CO)c1. The Balaban J connectivity index is 2.64. The van der Waals surface area contributed by atoms with Gasteiger partial charge in [0.1, 0.15) is 5.75 Å². The summed E-state index contributed by atoms with van der Waals surface area (Å²) >= 11 is 0. The molecule has 0 amide bonds. The number of aryl methyl sites for hydroxylation is 1. The normalized spacial score (nSPS) is 10.4. The van der Waals surface area contributed by atoms with E-state index in [1.165, 1.54) is 0 Å². The maximum Gasteiger partial charge on any atom is 0.124 e. The Morgan fingerprint density at radius 3 is 2.38 bits per heavy atom. The molecule has 2 N–H and O–H groups in total. The summed E-state index contributed by atoms with van der Waals surface area (Å²) in [4.78, 5) is 0. The predicted octanol–water partition coefficient (Wildman–Crippen LogP) is 2.86. The van der Waals surface area contributed by atoms with Crippen molar-refractivity contribution in [3.63, 3.8) is 0 Å². The van der Waals surface area contributed by atoms with Crippen molar-refractivity contribution in [3.05, 3.63) is 53.6 Å². The molecule has 0 aliphatic carbocycles. The molecule has 2 nitrogen and oxygen atoms in total. The molecular formula is C14H14O2. The van der Waals surface area contributed by atoms with Crippen molar-refractivity contribution < 1.29 is 10.2 Å². The van der Waals surface area contributed by atoms with Gasteiger partial charge in [-0.25, -0.2) is 0 Å². The van der Waals surface area contributed by atoms with Crippen molar-refractivity contribution in [2.45, 2.75) is 13.5 Å². The number of hydrogen-bond donors (Lipinski definition) is 2. The average Bonchev–Trinajstić information content (AvgIpc) is 2.29. The van der Waals surface area contributed by atoms with Crippen LogP contribution in [0.2, 0.25) is 0 Å². The molecule has 0 aromatic heterocycles. The van der Waals surface area contributed by atoms with E-state index in [0.29, 0.717) is 5.56 Å². The van der Waals surface area contributed by atoms with Gasteiger partial charge in [0, 0.05) is 5.56 Å². The fraction of sp³-hybridized carbons (Fsp3) is 0.143. The highest BCUT2D eigenvalue weighted by molar-refractivity contribution is 5.74. The van der Waals surface area contributed by atoms with Crippen LogP contribution in [0.15, 0.2) is 42.5 Å². The number of aromatic hydroxyl groups is 1. The molecule has 0 fully saturated rings. The molecule has 0 heterocycles. The maximum atomic E-state index is 9.95. The van der Waals surface area contributed by atoms with Crippen molar-refractivity contribution >= 4 is 0 Å². The van der Waals surface area contributed by atoms with Crippen LogP contribution < -0.4 is 0 Å². The second kappa shape index (κ2) is 4.37. The van der Waals surface area contributed by atoms with Crippen molar-refractivity contribution in [3.8, 4) is 16.9 Å². The summed E-state index contributed by atoms with van der Waals surface area (Å²) in [5, 5.41) is 19.3. The van der Waals surface area contributed by atoms with Gasteiger partial charge < -0.3 is 10.2 Å². The van der Waals surface area contributed by atoms with Gasteiger partial charge in [-0.2, -0.15) is 0 Å². The molecule has 0 aliphatic heterocycles. The Morgan fingerprint density at radius 1 is 1.06 bits per heavy atom. The highest BCUT2D eigenvalue weighted by Crippen LogP contribution is 2.33. The highest BCUT2D eigenvalue weighted by atomic mass is 16.3. The zero-order chi connectivity index (χ0) is 11.5. The molecule has 0 atom stereocenters. The molecule has 2 aromatic carbocycles. The van der Waals surface area contributed by atoms with Gasteiger partial charge in [0.05, 0.1) is 6.61 Å². The van der Waals surface area contributed by atoms with Gasteiger partial charge in [-0.3, -0.25) is 0 Å². The predicted molar refractivity (Wildman–Crippen MR) is 64.2 cm³/mol. The summed E-state index contributed by atoms with van der Waals surface area (Å²) < 4.78 is 0. The molecule has 2 heteroatoms. The van der Waals surface area contributed by atoms with E-state index >= 15 is 0 Å². The lowest BCUT2D eigenvalue weighted by Crippen LogP contribution is -1.91. The van der Waals surface area contributed by atoms with Gasteiger partial charge in [-0.1, -0.05) is 36.4 Å². The van der Waals surface area contributed by atoms with Crippen LogP contribution in [0.4, 0.5) is 0 Å². The first kappa shape index (κ1) is 10.7. The largest absolute Gasteiger partial charge is 0.507 e. The first-order chi connectivity index (χ1) is 7.72. The van der Waals surface area contributed by atoms with Gasteiger partial charge in [-0.15, -0.1) is 0 Å². The molecule has 0 unspecified atom stereocenters. The fourth-order valence-corrected chi connectivity index (χ4v) is 1.90. The summed E-state index contributed by atoms with van der Waals surface area (Å²) in [5.74, 6) is 0.218. The Bertz CT molecular complexity index is 490. The molecule has 0 saturated carbocycles. The molecule has 82 valence electrons. The zero-order valence-electron chi connectivity index (χ0n) is 9.14. The van der Waals surface area contributed by atoms with Crippen LogP contribution in [0.5, 0.6) is 5.75 Å². The number of phenolic OH excluding ortho intramolecular Hbond substituents is 1. The number of rotatable bonds is 2. The molecule has 0 radical (unpaired) electrons. The number of aliphatic hydroxyl groups is 1. The van der Waals surface area contributed by atoms with Crippen LogP contribution in [0.3, 0.4) is 0 Å². The van der Waals surface area contributed by atoms with E-state index in [1.807, 2.05) is 43.3 Å². The lowest BCUT2D eigenvalue weighted by atomic mass is 9.97. The van der Waals surface area contributed by atoms with Gasteiger partial charge in [0.2, 0.25) is 0 Å². The van der Waals surface area contributed by atoms with Gasteiger partial charge >= 0.3 is 0 Å². The number of benzene rings is 2. The van der Waals surface area contributed by atoms with Crippen LogP contribution in [0.25, 0.3) is 11.1 Å². The van der Waals surface area contributed by atoms with E-state index in [0.717, 1.165) is 16.7 Å². The maximum absolute atomic E-state index is 9.95. The molecule has 0 bridgehead atoms. The van der Waals surface area contributed by atoms with Crippen LogP contribution in [-0.4, -0.2) is 10.2 Å². The van der Waals surface area contributed by atoms with Gasteiger partial charge in [0.25, 0.3) is 0 Å². The Labute approximate surface area is 94.8 Å². The topological polar surface area (TPSA) is 40.5 Å². The Kier molecular flexibility index (Phi) is 2.93.